The fourth-order valence-corrected chi connectivity index (χ4v) is 2.77. The number of amides is 1. The molecule has 1 aromatic carbocycles. The van der Waals surface area contributed by atoms with Crippen molar-refractivity contribution in [1.82, 2.24) is 16.0 Å². The van der Waals surface area contributed by atoms with Crippen LogP contribution >= 0.6 is 24.0 Å². The highest BCUT2D eigenvalue weighted by Gasteiger charge is 2.09. The first-order valence-electron chi connectivity index (χ1n) is 9.84. The lowest BCUT2D eigenvalue weighted by molar-refractivity contribution is 0.0948. The maximum atomic E-state index is 12.3. The van der Waals surface area contributed by atoms with Gasteiger partial charge in [0.15, 0.2) is 5.96 Å². The van der Waals surface area contributed by atoms with Crippen LogP contribution in [0.25, 0.3) is 0 Å². The quantitative estimate of drug-likeness (QED) is 0.266. The lowest BCUT2D eigenvalue weighted by Gasteiger charge is -2.19. The molecule has 0 aliphatic heterocycles. The molecule has 1 heterocycles. The minimum atomic E-state index is -0.122. The standard InChI is InChI=1S/C22H32N4O2.HI/c1-16(2)10-11-17(3)26-22(23-4)25-14-18-7-5-8-19(13-18)21(27)24-15-20-9-6-12-28-20;/h5-9,12-13,16-17H,10-11,14-15H2,1-4H3,(H,24,27)(H2,23,25,26);1H. The molecular formula is C22H33IN4O2. The maximum absolute atomic E-state index is 12.3. The van der Waals surface area contributed by atoms with E-state index in [-0.39, 0.29) is 29.9 Å². The summed E-state index contributed by atoms with van der Waals surface area (Å²) in [5.41, 5.74) is 1.64. The third kappa shape index (κ3) is 9.34. The van der Waals surface area contributed by atoms with Crippen LogP contribution in [0.3, 0.4) is 0 Å². The number of guanidine groups is 1. The summed E-state index contributed by atoms with van der Waals surface area (Å²) in [6.07, 6.45) is 3.88. The zero-order valence-electron chi connectivity index (χ0n) is 17.7. The molecule has 0 spiro atoms. The molecule has 1 amide bonds. The molecule has 0 saturated heterocycles. The van der Waals surface area contributed by atoms with E-state index in [2.05, 4.69) is 41.7 Å². The number of hydrogen-bond acceptors (Lipinski definition) is 3. The second-order valence-corrected chi connectivity index (χ2v) is 7.40. The van der Waals surface area contributed by atoms with E-state index >= 15 is 0 Å². The second kappa shape index (κ2) is 13.2. The Morgan fingerprint density at radius 1 is 1.07 bits per heavy atom. The van der Waals surface area contributed by atoms with Crippen LogP contribution in [0.15, 0.2) is 52.1 Å². The summed E-state index contributed by atoms with van der Waals surface area (Å²) in [5, 5.41) is 9.60. The molecule has 6 nitrogen and oxygen atoms in total. The van der Waals surface area contributed by atoms with Crippen molar-refractivity contribution in [2.75, 3.05) is 7.05 Å². The van der Waals surface area contributed by atoms with Crippen molar-refractivity contribution < 1.29 is 9.21 Å². The first-order valence-corrected chi connectivity index (χ1v) is 9.84. The molecule has 0 radical (unpaired) electrons. The fraction of sp³-hybridized carbons (Fsp3) is 0.455. The molecule has 3 N–H and O–H groups in total. The van der Waals surface area contributed by atoms with Crippen molar-refractivity contribution in [1.29, 1.82) is 0 Å². The van der Waals surface area contributed by atoms with Gasteiger partial charge in [0.2, 0.25) is 0 Å². The van der Waals surface area contributed by atoms with Gasteiger partial charge in [0.05, 0.1) is 12.8 Å². The molecule has 1 aromatic heterocycles. The zero-order chi connectivity index (χ0) is 20.4. The van der Waals surface area contributed by atoms with E-state index in [1.54, 1.807) is 19.4 Å². The molecular weight excluding hydrogens is 479 g/mol. The maximum Gasteiger partial charge on any atom is 0.251 e. The molecule has 29 heavy (non-hydrogen) atoms. The van der Waals surface area contributed by atoms with Crippen LogP contribution in [-0.4, -0.2) is 25.0 Å². The van der Waals surface area contributed by atoms with Crippen LogP contribution < -0.4 is 16.0 Å². The number of hydrogen-bond donors (Lipinski definition) is 3. The van der Waals surface area contributed by atoms with Crippen molar-refractivity contribution in [3.8, 4) is 0 Å². The second-order valence-electron chi connectivity index (χ2n) is 7.40. The van der Waals surface area contributed by atoms with E-state index in [9.17, 15) is 4.79 Å². The lowest BCUT2D eigenvalue weighted by Crippen LogP contribution is -2.42. The monoisotopic (exact) mass is 512 g/mol. The summed E-state index contributed by atoms with van der Waals surface area (Å²) in [6, 6.07) is 11.6. The minimum absolute atomic E-state index is 0. The number of carbonyl (C=O) groups excluding carboxylic acids is 1. The highest BCUT2D eigenvalue weighted by Crippen LogP contribution is 2.08. The topological polar surface area (TPSA) is 78.7 Å². The Bertz CT molecular complexity index is 760. The Morgan fingerprint density at radius 3 is 2.52 bits per heavy atom. The smallest absolute Gasteiger partial charge is 0.251 e. The number of nitrogens with one attached hydrogen (secondary N) is 3. The van der Waals surface area contributed by atoms with Gasteiger partial charge in [-0.05, 0) is 55.5 Å². The van der Waals surface area contributed by atoms with Gasteiger partial charge in [-0.3, -0.25) is 9.79 Å². The Hall–Kier alpha value is -2.03. The molecule has 7 heteroatoms. The molecule has 0 fully saturated rings. The van der Waals surface area contributed by atoms with E-state index in [4.69, 9.17) is 4.42 Å². The number of benzene rings is 1. The third-order valence-electron chi connectivity index (χ3n) is 4.44. The van der Waals surface area contributed by atoms with Crippen LogP contribution in [0.5, 0.6) is 0 Å². The summed E-state index contributed by atoms with van der Waals surface area (Å²) in [6.45, 7) is 7.60. The van der Waals surface area contributed by atoms with Crippen molar-refractivity contribution in [3.63, 3.8) is 0 Å². The first kappa shape index (κ1) is 25.0. The summed E-state index contributed by atoms with van der Waals surface area (Å²) < 4.78 is 5.24. The molecule has 1 unspecified atom stereocenters. The van der Waals surface area contributed by atoms with E-state index < -0.39 is 0 Å². The predicted molar refractivity (Wildman–Crippen MR) is 129 cm³/mol. The number of nitrogens with zero attached hydrogens (tertiary/aromatic N) is 1. The van der Waals surface area contributed by atoms with Gasteiger partial charge in [-0.25, -0.2) is 0 Å². The van der Waals surface area contributed by atoms with Crippen LogP contribution in [0.4, 0.5) is 0 Å². The summed E-state index contributed by atoms with van der Waals surface area (Å²) in [4.78, 5) is 16.6. The van der Waals surface area contributed by atoms with Crippen LogP contribution in [0, 0.1) is 5.92 Å². The summed E-state index contributed by atoms with van der Waals surface area (Å²) >= 11 is 0. The molecule has 1 atom stereocenters. The highest BCUT2D eigenvalue weighted by atomic mass is 127. The van der Waals surface area contributed by atoms with Crippen molar-refractivity contribution in [3.05, 3.63) is 59.5 Å². The van der Waals surface area contributed by atoms with Gasteiger partial charge in [-0.1, -0.05) is 26.0 Å². The Balaban J connectivity index is 0.00000420. The number of halogens is 1. The van der Waals surface area contributed by atoms with Gasteiger partial charge < -0.3 is 20.4 Å². The molecule has 0 saturated carbocycles. The summed E-state index contributed by atoms with van der Waals surface area (Å²) in [5.74, 6) is 2.07. The largest absolute Gasteiger partial charge is 0.467 e. The highest BCUT2D eigenvalue weighted by molar-refractivity contribution is 14.0. The number of aliphatic imine (C=N–C) groups is 1. The number of furan rings is 1. The minimum Gasteiger partial charge on any atom is -0.467 e. The van der Waals surface area contributed by atoms with Gasteiger partial charge in [-0.2, -0.15) is 0 Å². The normalized spacial score (nSPS) is 12.2. The van der Waals surface area contributed by atoms with E-state index in [1.807, 2.05) is 30.3 Å². The van der Waals surface area contributed by atoms with Gasteiger partial charge in [0.25, 0.3) is 5.91 Å². The Morgan fingerprint density at radius 2 is 1.86 bits per heavy atom. The average molecular weight is 512 g/mol. The van der Waals surface area contributed by atoms with E-state index in [0.29, 0.717) is 30.6 Å². The molecule has 2 rings (SSSR count). The molecule has 160 valence electrons. The fourth-order valence-electron chi connectivity index (χ4n) is 2.77. The number of rotatable bonds is 9. The average Bonchev–Trinajstić information content (AvgIpc) is 3.21. The SMILES string of the molecule is CN=C(NCc1cccc(C(=O)NCc2ccco2)c1)NC(C)CCC(C)C.I. The summed E-state index contributed by atoms with van der Waals surface area (Å²) in [7, 11) is 1.77. The molecule has 0 aliphatic carbocycles. The van der Waals surface area contributed by atoms with Crippen molar-refractivity contribution in [2.24, 2.45) is 10.9 Å². The molecule has 2 aromatic rings. The number of carbonyl (C=O) groups is 1. The predicted octanol–water partition coefficient (Wildman–Crippen LogP) is 4.32. The Kier molecular flexibility index (Phi) is 11.4. The van der Waals surface area contributed by atoms with Crippen molar-refractivity contribution in [2.45, 2.75) is 52.7 Å². The van der Waals surface area contributed by atoms with E-state index in [0.717, 1.165) is 23.7 Å². The molecule has 0 bridgehead atoms. The van der Waals surface area contributed by atoms with Gasteiger partial charge in [0.1, 0.15) is 5.76 Å². The zero-order valence-corrected chi connectivity index (χ0v) is 20.0. The lowest BCUT2D eigenvalue weighted by atomic mass is 10.0. The molecule has 0 aliphatic rings. The first-order chi connectivity index (χ1) is 13.5. The third-order valence-corrected chi connectivity index (χ3v) is 4.44. The van der Waals surface area contributed by atoms with Crippen LogP contribution in [0.1, 0.15) is 55.3 Å². The Labute approximate surface area is 191 Å². The van der Waals surface area contributed by atoms with Crippen LogP contribution in [-0.2, 0) is 13.1 Å². The van der Waals surface area contributed by atoms with Gasteiger partial charge >= 0.3 is 0 Å². The van der Waals surface area contributed by atoms with Crippen molar-refractivity contribution >= 4 is 35.8 Å². The van der Waals surface area contributed by atoms with Gasteiger partial charge in [0, 0.05) is 25.2 Å². The van der Waals surface area contributed by atoms with E-state index in [1.165, 1.54) is 6.42 Å². The van der Waals surface area contributed by atoms with Gasteiger partial charge in [-0.15, -0.1) is 24.0 Å². The van der Waals surface area contributed by atoms with Crippen LogP contribution in [0.2, 0.25) is 0 Å².